The number of aryl methyl sites for hydroxylation is 1. The van der Waals surface area contributed by atoms with Gasteiger partial charge in [-0.15, -0.1) is 0 Å². The summed E-state index contributed by atoms with van der Waals surface area (Å²) >= 11 is 0. The lowest BCUT2D eigenvalue weighted by Crippen LogP contribution is -2.01. The molecule has 0 unspecified atom stereocenters. The van der Waals surface area contributed by atoms with E-state index in [4.69, 9.17) is 15.2 Å². The Morgan fingerprint density at radius 3 is 2.56 bits per heavy atom. The van der Waals surface area contributed by atoms with Crippen LogP contribution in [0.4, 0.5) is 5.82 Å². The molecule has 0 aliphatic rings. The van der Waals surface area contributed by atoms with Crippen LogP contribution in [0.5, 0.6) is 11.5 Å². The van der Waals surface area contributed by atoms with E-state index in [1.54, 1.807) is 20.3 Å². The van der Waals surface area contributed by atoms with E-state index in [1.807, 2.05) is 48.3 Å². The lowest BCUT2D eigenvalue weighted by molar-refractivity contribution is 0.356. The van der Waals surface area contributed by atoms with Crippen molar-refractivity contribution >= 4 is 5.82 Å². The normalized spacial score (nSPS) is 10.3. The molecular weight excluding hydrogens is 316 g/mol. The molecule has 2 N–H and O–H groups in total. The SMILES string of the molecule is COc1cccc(-c2cc(-c3ccn(C)c3)nc(N)c2C#N)c1OC. The molecule has 1 aromatic carbocycles. The van der Waals surface area contributed by atoms with Crippen molar-refractivity contribution in [1.82, 2.24) is 9.55 Å². The molecule has 2 heterocycles. The molecule has 0 aliphatic heterocycles. The third-order valence-electron chi connectivity index (χ3n) is 3.98. The molecule has 2 aromatic heterocycles. The van der Waals surface area contributed by atoms with Crippen LogP contribution < -0.4 is 15.2 Å². The average Bonchev–Trinajstić information content (AvgIpc) is 3.06. The summed E-state index contributed by atoms with van der Waals surface area (Å²) in [6, 6.07) is 11.5. The van der Waals surface area contributed by atoms with Crippen molar-refractivity contribution in [3.05, 3.63) is 48.3 Å². The van der Waals surface area contributed by atoms with Crippen LogP contribution in [0.2, 0.25) is 0 Å². The zero-order chi connectivity index (χ0) is 18.0. The van der Waals surface area contributed by atoms with Gasteiger partial charge in [0, 0.05) is 36.1 Å². The van der Waals surface area contributed by atoms with Crippen LogP contribution in [-0.4, -0.2) is 23.8 Å². The van der Waals surface area contributed by atoms with Gasteiger partial charge in [0.2, 0.25) is 0 Å². The highest BCUT2D eigenvalue weighted by molar-refractivity contribution is 5.84. The monoisotopic (exact) mass is 334 g/mol. The highest BCUT2D eigenvalue weighted by Gasteiger charge is 2.19. The van der Waals surface area contributed by atoms with Gasteiger partial charge in [0.15, 0.2) is 11.5 Å². The smallest absolute Gasteiger partial charge is 0.168 e. The number of nitrogens with two attached hydrogens (primary N) is 1. The Kier molecular flexibility index (Phi) is 4.31. The maximum atomic E-state index is 9.57. The van der Waals surface area contributed by atoms with Crippen LogP contribution in [0.3, 0.4) is 0 Å². The molecule has 0 spiro atoms. The van der Waals surface area contributed by atoms with Gasteiger partial charge in [-0.05, 0) is 18.2 Å². The second kappa shape index (κ2) is 6.57. The Bertz CT molecular complexity index is 970. The van der Waals surface area contributed by atoms with Gasteiger partial charge in [0.25, 0.3) is 0 Å². The summed E-state index contributed by atoms with van der Waals surface area (Å²) in [6.07, 6.45) is 3.87. The first-order valence-corrected chi connectivity index (χ1v) is 7.63. The molecule has 0 saturated heterocycles. The second-order valence-electron chi connectivity index (χ2n) is 5.53. The number of methoxy groups -OCH3 is 2. The Hall–Kier alpha value is -3.46. The summed E-state index contributed by atoms with van der Waals surface area (Å²) in [5.41, 5.74) is 9.37. The average molecular weight is 334 g/mol. The zero-order valence-corrected chi connectivity index (χ0v) is 14.3. The van der Waals surface area contributed by atoms with Gasteiger partial charge in [-0.3, -0.25) is 0 Å². The molecule has 0 amide bonds. The zero-order valence-electron chi connectivity index (χ0n) is 14.3. The Balaban J connectivity index is 2.29. The van der Waals surface area contributed by atoms with E-state index < -0.39 is 0 Å². The predicted molar refractivity (Wildman–Crippen MR) is 96.3 cm³/mol. The number of aromatic nitrogens is 2. The van der Waals surface area contributed by atoms with Gasteiger partial charge in [0.1, 0.15) is 17.5 Å². The molecule has 25 heavy (non-hydrogen) atoms. The van der Waals surface area contributed by atoms with Gasteiger partial charge in [0.05, 0.1) is 19.9 Å². The second-order valence-corrected chi connectivity index (χ2v) is 5.53. The lowest BCUT2D eigenvalue weighted by atomic mass is 9.98. The van der Waals surface area contributed by atoms with E-state index in [1.165, 1.54) is 0 Å². The molecule has 0 aliphatic carbocycles. The first-order chi connectivity index (χ1) is 12.1. The largest absolute Gasteiger partial charge is 0.493 e. The summed E-state index contributed by atoms with van der Waals surface area (Å²) in [5.74, 6) is 1.32. The summed E-state index contributed by atoms with van der Waals surface area (Å²) < 4.78 is 12.8. The maximum Gasteiger partial charge on any atom is 0.168 e. The summed E-state index contributed by atoms with van der Waals surface area (Å²) in [7, 11) is 5.07. The summed E-state index contributed by atoms with van der Waals surface area (Å²) in [4.78, 5) is 4.38. The summed E-state index contributed by atoms with van der Waals surface area (Å²) in [5, 5.41) is 9.57. The minimum Gasteiger partial charge on any atom is -0.493 e. The highest BCUT2D eigenvalue weighted by atomic mass is 16.5. The van der Waals surface area contributed by atoms with Gasteiger partial charge >= 0.3 is 0 Å². The molecule has 3 rings (SSSR count). The molecule has 6 heteroatoms. The number of benzene rings is 1. The standard InChI is InChI=1S/C19H18N4O2/c1-23-8-7-12(11-23)16-9-14(15(10-20)19(21)22-16)13-5-4-6-17(24-2)18(13)25-3/h4-9,11H,1-3H3,(H2,21,22). The molecular formula is C19H18N4O2. The van der Waals surface area contributed by atoms with Gasteiger partial charge in [-0.1, -0.05) is 12.1 Å². The number of hydrogen-bond acceptors (Lipinski definition) is 5. The number of hydrogen-bond donors (Lipinski definition) is 1. The third kappa shape index (κ3) is 2.88. The van der Waals surface area contributed by atoms with Crippen molar-refractivity contribution in [2.45, 2.75) is 0 Å². The maximum absolute atomic E-state index is 9.57. The minimum atomic E-state index is 0.184. The summed E-state index contributed by atoms with van der Waals surface area (Å²) in [6.45, 7) is 0. The molecule has 3 aromatic rings. The highest BCUT2D eigenvalue weighted by Crippen LogP contribution is 2.41. The fourth-order valence-corrected chi connectivity index (χ4v) is 2.80. The number of nitrogen functional groups attached to an aromatic ring is 1. The number of ether oxygens (including phenoxy) is 2. The van der Waals surface area contributed by atoms with Crippen molar-refractivity contribution in [3.63, 3.8) is 0 Å². The molecule has 0 bridgehead atoms. The predicted octanol–water partition coefficient (Wildman–Crippen LogP) is 3.23. The van der Waals surface area contributed by atoms with Crippen LogP contribution >= 0.6 is 0 Å². The van der Waals surface area contributed by atoms with Crippen LogP contribution in [-0.2, 0) is 7.05 Å². The third-order valence-corrected chi connectivity index (χ3v) is 3.98. The van der Waals surface area contributed by atoms with Gasteiger partial charge < -0.3 is 19.8 Å². The molecule has 0 radical (unpaired) electrons. The molecule has 126 valence electrons. The van der Waals surface area contributed by atoms with E-state index in [9.17, 15) is 5.26 Å². The van der Waals surface area contributed by atoms with Crippen molar-refractivity contribution in [2.75, 3.05) is 20.0 Å². The van der Waals surface area contributed by atoms with Crippen LogP contribution in [0.1, 0.15) is 5.56 Å². The van der Waals surface area contributed by atoms with Crippen molar-refractivity contribution in [1.29, 1.82) is 5.26 Å². The van der Waals surface area contributed by atoms with E-state index in [2.05, 4.69) is 11.1 Å². The molecule has 0 saturated carbocycles. The number of pyridine rings is 1. The van der Waals surface area contributed by atoms with Crippen LogP contribution in [0.25, 0.3) is 22.4 Å². The number of para-hydroxylation sites is 1. The van der Waals surface area contributed by atoms with Crippen molar-refractivity contribution < 1.29 is 9.47 Å². The molecule has 0 atom stereocenters. The van der Waals surface area contributed by atoms with E-state index in [0.29, 0.717) is 28.3 Å². The van der Waals surface area contributed by atoms with Crippen molar-refractivity contribution in [3.8, 4) is 40.0 Å². The Morgan fingerprint density at radius 2 is 1.96 bits per heavy atom. The van der Waals surface area contributed by atoms with E-state index in [0.717, 1.165) is 11.1 Å². The van der Waals surface area contributed by atoms with Gasteiger partial charge in [-0.25, -0.2) is 4.98 Å². The topological polar surface area (TPSA) is 86.1 Å². The van der Waals surface area contributed by atoms with E-state index >= 15 is 0 Å². The number of nitriles is 1. The number of anilines is 1. The Labute approximate surface area is 146 Å². The number of nitrogens with zero attached hydrogens (tertiary/aromatic N) is 3. The van der Waals surface area contributed by atoms with Crippen molar-refractivity contribution in [2.24, 2.45) is 7.05 Å². The first-order valence-electron chi connectivity index (χ1n) is 7.63. The fraction of sp³-hybridized carbons (Fsp3) is 0.158. The van der Waals surface area contributed by atoms with E-state index in [-0.39, 0.29) is 5.82 Å². The Morgan fingerprint density at radius 1 is 1.16 bits per heavy atom. The van der Waals surface area contributed by atoms with Crippen LogP contribution in [0.15, 0.2) is 42.7 Å². The fourth-order valence-electron chi connectivity index (χ4n) is 2.80. The van der Waals surface area contributed by atoms with Crippen LogP contribution in [0, 0.1) is 11.3 Å². The molecule has 0 fully saturated rings. The first kappa shape index (κ1) is 16.4. The van der Waals surface area contributed by atoms with Gasteiger partial charge in [-0.2, -0.15) is 5.26 Å². The molecule has 6 nitrogen and oxygen atoms in total. The minimum absolute atomic E-state index is 0.184. The quantitative estimate of drug-likeness (QED) is 0.791. The lowest BCUT2D eigenvalue weighted by Gasteiger charge is -2.15. The number of rotatable bonds is 4.